The summed E-state index contributed by atoms with van der Waals surface area (Å²) >= 11 is 6.92. The van der Waals surface area contributed by atoms with Crippen molar-refractivity contribution in [2.24, 2.45) is 0 Å². The Kier molecular flexibility index (Phi) is 6.77. The SMILES string of the molecule is CC(C)c1ccc(NC(=O)CN2CCN(S(=O)(=O)c3ccc(Cl)s3)CC2)cc1. The minimum Gasteiger partial charge on any atom is -0.325 e. The number of amides is 1. The fraction of sp³-hybridized carbons (Fsp3) is 0.421. The van der Waals surface area contributed by atoms with Crippen LogP contribution in [-0.4, -0.2) is 56.3 Å². The molecule has 1 aromatic heterocycles. The Morgan fingerprint density at radius 2 is 1.75 bits per heavy atom. The Labute approximate surface area is 175 Å². The molecule has 9 heteroatoms. The van der Waals surface area contributed by atoms with Crippen molar-refractivity contribution >= 4 is 44.6 Å². The van der Waals surface area contributed by atoms with Gasteiger partial charge in [0, 0.05) is 31.9 Å². The zero-order valence-corrected chi connectivity index (χ0v) is 18.3. The van der Waals surface area contributed by atoms with Crippen molar-refractivity contribution in [1.82, 2.24) is 9.21 Å². The van der Waals surface area contributed by atoms with Gasteiger partial charge in [0.05, 0.1) is 10.9 Å². The van der Waals surface area contributed by atoms with Crippen LogP contribution in [0, 0.1) is 0 Å². The molecule has 1 aliphatic heterocycles. The molecule has 0 bridgehead atoms. The maximum absolute atomic E-state index is 12.6. The van der Waals surface area contributed by atoms with Crippen molar-refractivity contribution in [3.05, 3.63) is 46.3 Å². The predicted molar refractivity (Wildman–Crippen MR) is 114 cm³/mol. The fourth-order valence-corrected chi connectivity index (χ4v) is 6.11. The topological polar surface area (TPSA) is 69.7 Å². The van der Waals surface area contributed by atoms with Crippen molar-refractivity contribution < 1.29 is 13.2 Å². The van der Waals surface area contributed by atoms with Crippen molar-refractivity contribution in [3.63, 3.8) is 0 Å². The van der Waals surface area contributed by atoms with E-state index < -0.39 is 10.0 Å². The highest BCUT2D eigenvalue weighted by atomic mass is 35.5. The summed E-state index contributed by atoms with van der Waals surface area (Å²) in [5.41, 5.74) is 1.99. The Morgan fingerprint density at radius 1 is 1.11 bits per heavy atom. The Balaban J connectivity index is 1.50. The van der Waals surface area contributed by atoms with E-state index in [-0.39, 0.29) is 16.7 Å². The third-order valence-corrected chi connectivity index (χ3v) is 8.30. The Bertz CT molecular complexity index is 918. The van der Waals surface area contributed by atoms with Crippen LogP contribution in [0.2, 0.25) is 4.34 Å². The number of benzene rings is 1. The van der Waals surface area contributed by atoms with Crippen LogP contribution in [0.3, 0.4) is 0 Å². The molecule has 0 atom stereocenters. The maximum Gasteiger partial charge on any atom is 0.252 e. The van der Waals surface area contributed by atoms with Gasteiger partial charge >= 0.3 is 0 Å². The number of halogens is 1. The van der Waals surface area contributed by atoms with Gasteiger partial charge in [0.1, 0.15) is 4.21 Å². The molecular weight excluding hydrogens is 418 g/mol. The minimum absolute atomic E-state index is 0.0985. The number of piperazine rings is 1. The van der Waals surface area contributed by atoms with Crippen LogP contribution >= 0.6 is 22.9 Å². The average Bonchev–Trinajstić information content (AvgIpc) is 3.10. The van der Waals surface area contributed by atoms with Crippen molar-refractivity contribution in [3.8, 4) is 0 Å². The van der Waals surface area contributed by atoms with E-state index in [0.717, 1.165) is 17.0 Å². The molecule has 0 aliphatic carbocycles. The lowest BCUT2D eigenvalue weighted by molar-refractivity contribution is -0.117. The zero-order valence-electron chi connectivity index (χ0n) is 15.9. The number of nitrogens with zero attached hydrogens (tertiary/aromatic N) is 2. The second kappa shape index (κ2) is 8.92. The van der Waals surface area contributed by atoms with Gasteiger partial charge in [-0.1, -0.05) is 37.6 Å². The maximum atomic E-state index is 12.6. The molecular formula is C19H24ClN3O3S2. The summed E-state index contributed by atoms with van der Waals surface area (Å²) in [7, 11) is -3.51. The first kappa shape index (κ1) is 21.3. The first-order chi connectivity index (χ1) is 13.3. The molecule has 2 aromatic rings. The first-order valence-corrected chi connectivity index (χ1v) is 11.8. The lowest BCUT2D eigenvalue weighted by atomic mass is 10.0. The lowest BCUT2D eigenvalue weighted by Gasteiger charge is -2.33. The summed E-state index contributed by atoms with van der Waals surface area (Å²) in [4.78, 5) is 14.3. The molecule has 1 amide bonds. The van der Waals surface area contributed by atoms with Gasteiger partial charge in [-0.2, -0.15) is 4.31 Å². The number of thiophene rings is 1. The van der Waals surface area contributed by atoms with Crippen molar-refractivity contribution in [2.75, 3.05) is 38.0 Å². The molecule has 0 radical (unpaired) electrons. The molecule has 1 aromatic carbocycles. The quantitative estimate of drug-likeness (QED) is 0.745. The number of anilines is 1. The van der Waals surface area contributed by atoms with Gasteiger partial charge in [-0.05, 0) is 35.7 Å². The van der Waals surface area contributed by atoms with Gasteiger partial charge < -0.3 is 5.32 Å². The van der Waals surface area contributed by atoms with Gasteiger partial charge in [0.15, 0.2) is 0 Å². The van der Waals surface area contributed by atoms with Gasteiger partial charge in [-0.15, -0.1) is 11.3 Å². The standard InChI is InChI=1S/C19H24ClN3O3S2/c1-14(2)15-3-5-16(6-4-15)21-18(24)13-22-9-11-23(12-10-22)28(25,26)19-8-7-17(20)27-19/h3-8,14H,9-13H2,1-2H3,(H,21,24). The fourth-order valence-electron chi connectivity index (χ4n) is 3.05. The summed E-state index contributed by atoms with van der Waals surface area (Å²) in [5, 5.41) is 2.90. The van der Waals surface area contributed by atoms with Crippen LogP contribution in [0.15, 0.2) is 40.6 Å². The highest BCUT2D eigenvalue weighted by molar-refractivity contribution is 7.91. The molecule has 1 aliphatic rings. The van der Waals surface area contributed by atoms with Crippen LogP contribution < -0.4 is 5.32 Å². The molecule has 1 fully saturated rings. The monoisotopic (exact) mass is 441 g/mol. The van der Waals surface area contributed by atoms with Gasteiger partial charge in [0.2, 0.25) is 5.91 Å². The second-order valence-corrected chi connectivity index (χ2v) is 10.9. The number of hydrogen-bond donors (Lipinski definition) is 1. The Hall–Kier alpha value is -1.45. The highest BCUT2D eigenvalue weighted by Gasteiger charge is 2.30. The van der Waals surface area contributed by atoms with E-state index in [1.165, 1.54) is 15.9 Å². The van der Waals surface area contributed by atoms with Crippen molar-refractivity contribution in [2.45, 2.75) is 24.0 Å². The molecule has 2 heterocycles. The number of carbonyl (C=O) groups is 1. The Morgan fingerprint density at radius 3 is 2.29 bits per heavy atom. The van der Waals surface area contributed by atoms with E-state index in [2.05, 4.69) is 19.2 Å². The van der Waals surface area contributed by atoms with Crippen LogP contribution in [0.1, 0.15) is 25.3 Å². The minimum atomic E-state index is -3.51. The molecule has 152 valence electrons. The summed E-state index contributed by atoms with van der Waals surface area (Å²) in [6, 6.07) is 11.0. The molecule has 6 nitrogen and oxygen atoms in total. The van der Waals surface area contributed by atoms with Crippen molar-refractivity contribution in [1.29, 1.82) is 0 Å². The summed E-state index contributed by atoms with van der Waals surface area (Å²) in [6.07, 6.45) is 0. The van der Waals surface area contributed by atoms with Crippen LogP contribution in [0.4, 0.5) is 5.69 Å². The first-order valence-electron chi connectivity index (χ1n) is 9.13. The van der Waals surface area contributed by atoms with Crippen LogP contribution in [0.5, 0.6) is 0 Å². The zero-order chi connectivity index (χ0) is 20.3. The smallest absolute Gasteiger partial charge is 0.252 e. The van der Waals surface area contributed by atoms with Crippen LogP contribution in [-0.2, 0) is 14.8 Å². The number of sulfonamides is 1. The van der Waals surface area contributed by atoms with E-state index >= 15 is 0 Å². The third kappa shape index (κ3) is 5.12. The number of hydrogen-bond acceptors (Lipinski definition) is 5. The summed E-state index contributed by atoms with van der Waals surface area (Å²) in [5.74, 6) is 0.348. The van der Waals surface area contributed by atoms with Gasteiger partial charge in [-0.3, -0.25) is 9.69 Å². The predicted octanol–water partition coefficient (Wildman–Crippen LogP) is 3.47. The van der Waals surface area contributed by atoms with E-state index in [4.69, 9.17) is 11.6 Å². The average molecular weight is 442 g/mol. The number of carbonyl (C=O) groups excluding carboxylic acids is 1. The normalized spacial score (nSPS) is 16.4. The lowest BCUT2D eigenvalue weighted by Crippen LogP contribution is -2.50. The number of nitrogens with one attached hydrogen (secondary N) is 1. The van der Waals surface area contributed by atoms with Crippen LogP contribution in [0.25, 0.3) is 0 Å². The molecule has 0 saturated carbocycles. The highest BCUT2D eigenvalue weighted by Crippen LogP contribution is 2.28. The molecule has 1 N–H and O–H groups in total. The molecule has 0 unspecified atom stereocenters. The second-order valence-electron chi connectivity index (χ2n) is 7.06. The molecule has 0 spiro atoms. The summed E-state index contributed by atoms with van der Waals surface area (Å²) in [6.45, 7) is 6.23. The number of rotatable bonds is 6. The van der Waals surface area contributed by atoms with E-state index in [0.29, 0.717) is 36.4 Å². The molecule has 3 rings (SSSR count). The van der Waals surface area contributed by atoms with E-state index in [1.807, 2.05) is 29.2 Å². The largest absolute Gasteiger partial charge is 0.325 e. The van der Waals surface area contributed by atoms with Gasteiger partial charge in [0.25, 0.3) is 10.0 Å². The van der Waals surface area contributed by atoms with Gasteiger partial charge in [-0.25, -0.2) is 8.42 Å². The summed E-state index contributed by atoms with van der Waals surface area (Å²) < 4.78 is 27.4. The molecule has 1 saturated heterocycles. The third-order valence-electron chi connectivity index (χ3n) is 4.70. The van der Waals surface area contributed by atoms with E-state index in [9.17, 15) is 13.2 Å². The van der Waals surface area contributed by atoms with E-state index in [1.54, 1.807) is 6.07 Å². The molecule has 28 heavy (non-hydrogen) atoms.